The summed E-state index contributed by atoms with van der Waals surface area (Å²) in [5, 5.41) is 7.12. The van der Waals surface area contributed by atoms with E-state index in [-0.39, 0.29) is 5.56 Å². The number of pyridine rings is 1. The standard InChI is InChI=1S/C20H12ClN5OS/c21-18-15(25-9-5-4-8-16(25)24-18)10-23-26-12-22-19-17(20(26)27)14(11-28-19)13-6-2-1-3-7-13/h1-12H/b23-10-. The van der Waals surface area contributed by atoms with Gasteiger partial charge in [-0.15, -0.1) is 11.3 Å². The van der Waals surface area contributed by atoms with Gasteiger partial charge in [0.1, 0.15) is 22.5 Å². The maximum Gasteiger partial charge on any atom is 0.283 e. The van der Waals surface area contributed by atoms with Crippen molar-refractivity contribution in [3.05, 3.63) is 87.6 Å². The molecule has 0 atom stereocenters. The van der Waals surface area contributed by atoms with Crippen LogP contribution in [0.5, 0.6) is 0 Å². The number of thiophene rings is 1. The molecule has 0 radical (unpaired) electrons. The van der Waals surface area contributed by atoms with Crippen LogP contribution >= 0.6 is 22.9 Å². The Morgan fingerprint density at radius 1 is 1.11 bits per heavy atom. The first-order chi connectivity index (χ1) is 13.7. The van der Waals surface area contributed by atoms with Gasteiger partial charge in [0.2, 0.25) is 0 Å². The molecule has 1 aromatic carbocycles. The summed E-state index contributed by atoms with van der Waals surface area (Å²) in [6, 6.07) is 15.4. The van der Waals surface area contributed by atoms with E-state index >= 15 is 0 Å². The Bertz CT molecular complexity index is 1400. The highest BCUT2D eigenvalue weighted by atomic mass is 35.5. The van der Waals surface area contributed by atoms with Gasteiger partial charge in [-0.2, -0.15) is 9.78 Å². The van der Waals surface area contributed by atoms with Gasteiger partial charge in [-0.3, -0.25) is 9.20 Å². The number of halogens is 1. The molecule has 0 bridgehead atoms. The van der Waals surface area contributed by atoms with Gasteiger partial charge in [0, 0.05) is 17.1 Å². The normalized spacial score (nSPS) is 11.8. The van der Waals surface area contributed by atoms with Crippen LogP contribution in [0.1, 0.15) is 5.69 Å². The van der Waals surface area contributed by atoms with Crippen LogP contribution in [0.25, 0.3) is 27.0 Å². The molecule has 0 aliphatic heterocycles. The number of aromatic nitrogens is 4. The van der Waals surface area contributed by atoms with Crippen molar-refractivity contribution in [2.24, 2.45) is 5.10 Å². The van der Waals surface area contributed by atoms with Crippen LogP contribution < -0.4 is 5.56 Å². The third-order valence-corrected chi connectivity index (χ3v) is 5.55. The molecule has 6 nitrogen and oxygen atoms in total. The molecular formula is C20H12ClN5OS. The van der Waals surface area contributed by atoms with E-state index in [9.17, 15) is 4.79 Å². The van der Waals surface area contributed by atoms with E-state index in [0.717, 1.165) is 11.1 Å². The number of hydrogen-bond acceptors (Lipinski definition) is 5. The van der Waals surface area contributed by atoms with Crippen LogP contribution in [-0.4, -0.2) is 25.3 Å². The second kappa shape index (κ2) is 6.70. The maximum atomic E-state index is 13.1. The summed E-state index contributed by atoms with van der Waals surface area (Å²) in [6.45, 7) is 0. The quantitative estimate of drug-likeness (QED) is 0.420. The largest absolute Gasteiger partial charge is 0.297 e. The highest BCUT2D eigenvalue weighted by Gasteiger charge is 2.13. The summed E-state index contributed by atoms with van der Waals surface area (Å²) >= 11 is 7.67. The summed E-state index contributed by atoms with van der Waals surface area (Å²) in [7, 11) is 0. The lowest BCUT2D eigenvalue weighted by atomic mass is 10.1. The molecule has 0 saturated carbocycles. The lowest BCUT2D eigenvalue weighted by Crippen LogP contribution is -2.17. The van der Waals surface area contributed by atoms with Crippen molar-refractivity contribution < 1.29 is 0 Å². The minimum absolute atomic E-state index is 0.230. The van der Waals surface area contributed by atoms with Crippen molar-refractivity contribution in [1.29, 1.82) is 0 Å². The number of nitrogens with zero attached hydrogens (tertiary/aromatic N) is 5. The molecule has 8 heteroatoms. The summed E-state index contributed by atoms with van der Waals surface area (Å²) in [5.41, 5.74) is 2.90. The molecule has 5 aromatic rings. The van der Waals surface area contributed by atoms with E-state index in [1.807, 2.05) is 64.5 Å². The van der Waals surface area contributed by atoms with Gasteiger partial charge in [0.25, 0.3) is 5.56 Å². The number of hydrogen-bond donors (Lipinski definition) is 0. The van der Waals surface area contributed by atoms with Gasteiger partial charge in [-0.1, -0.05) is 48.0 Å². The van der Waals surface area contributed by atoms with Gasteiger partial charge in [-0.05, 0) is 17.7 Å². The van der Waals surface area contributed by atoms with Crippen LogP contribution in [0.3, 0.4) is 0 Å². The Morgan fingerprint density at radius 3 is 2.79 bits per heavy atom. The Balaban J connectivity index is 1.64. The molecule has 136 valence electrons. The third kappa shape index (κ3) is 2.72. The van der Waals surface area contributed by atoms with Crippen LogP contribution in [0.2, 0.25) is 5.15 Å². The van der Waals surface area contributed by atoms with Crippen LogP contribution in [-0.2, 0) is 0 Å². The topological polar surface area (TPSA) is 64.5 Å². The van der Waals surface area contributed by atoms with Crippen molar-refractivity contribution in [1.82, 2.24) is 19.0 Å². The monoisotopic (exact) mass is 405 g/mol. The average molecular weight is 406 g/mol. The second-order valence-corrected chi connectivity index (χ2v) is 7.27. The molecule has 0 amide bonds. The summed E-state index contributed by atoms with van der Waals surface area (Å²) in [6.07, 6.45) is 4.78. The molecule has 0 aliphatic rings. The van der Waals surface area contributed by atoms with Crippen molar-refractivity contribution in [3.8, 4) is 11.1 Å². The molecule has 0 saturated heterocycles. The van der Waals surface area contributed by atoms with Crippen molar-refractivity contribution in [3.63, 3.8) is 0 Å². The molecule has 5 rings (SSSR count). The summed E-state index contributed by atoms with van der Waals surface area (Å²) < 4.78 is 3.03. The van der Waals surface area contributed by atoms with Crippen molar-refractivity contribution >= 4 is 45.0 Å². The molecule has 0 spiro atoms. The first-order valence-electron chi connectivity index (χ1n) is 8.43. The zero-order chi connectivity index (χ0) is 19.1. The number of imidazole rings is 1. The van der Waals surface area contributed by atoms with Crippen LogP contribution in [0.15, 0.2) is 76.3 Å². The lowest BCUT2D eigenvalue weighted by Gasteiger charge is -2.01. The fourth-order valence-corrected chi connectivity index (χ4v) is 4.19. The fraction of sp³-hybridized carbons (Fsp3) is 0. The van der Waals surface area contributed by atoms with Gasteiger partial charge in [-0.25, -0.2) is 9.97 Å². The van der Waals surface area contributed by atoms with Gasteiger partial charge < -0.3 is 0 Å². The average Bonchev–Trinajstić information content (AvgIpc) is 3.29. The van der Waals surface area contributed by atoms with E-state index in [0.29, 0.717) is 26.7 Å². The Hall–Kier alpha value is -3.29. The smallest absolute Gasteiger partial charge is 0.283 e. The third-order valence-electron chi connectivity index (χ3n) is 4.39. The first-order valence-corrected chi connectivity index (χ1v) is 9.69. The van der Waals surface area contributed by atoms with Crippen LogP contribution in [0.4, 0.5) is 0 Å². The number of fused-ring (bicyclic) bond motifs is 2. The van der Waals surface area contributed by atoms with E-state index < -0.39 is 0 Å². The SMILES string of the molecule is O=c1c2c(-c3ccccc3)csc2ncn1/N=C\c1c(Cl)nc2ccccn12. The van der Waals surface area contributed by atoms with E-state index in [1.165, 1.54) is 28.6 Å². The predicted molar refractivity (Wildman–Crippen MR) is 113 cm³/mol. The zero-order valence-corrected chi connectivity index (χ0v) is 15.9. The minimum atomic E-state index is -0.230. The molecule has 0 fully saturated rings. The molecule has 0 aliphatic carbocycles. The van der Waals surface area contributed by atoms with Gasteiger partial charge in [0.05, 0.1) is 11.6 Å². The number of rotatable bonds is 3. The molecule has 4 aromatic heterocycles. The first kappa shape index (κ1) is 16.9. The Morgan fingerprint density at radius 2 is 1.93 bits per heavy atom. The zero-order valence-electron chi connectivity index (χ0n) is 14.4. The minimum Gasteiger partial charge on any atom is -0.297 e. The van der Waals surface area contributed by atoms with E-state index in [4.69, 9.17) is 11.6 Å². The summed E-state index contributed by atoms with van der Waals surface area (Å²) in [5.74, 6) is 0. The highest BCUT2D eigenvalue weighted by molar-refractivity contribution is 7.17. The fourth-order valence-electron chi connectivity index (χ4n) is 3.05. The van der Waals surface area contributed by atoms with Crippen LogP contribution in [0, 0.1) is 0 Å². The lowest BCUT2D eigenvalue weighted by molar-refractivity contribution is 0.818. The van der Waals surface area contributed by atoms with Gasteiger partial charge in [0.15, 0.2) is 5.15 Å². The molecular weight excluding hydrogens is 394 g/mol. The van der Waals surface area contributed by atoms with Crippen molar-refractivity contribution in [2.45, 2.75) is 0 Å². The summed E-state index contributed by atoms with van der Waals surface area (Å²) in [4.78, 5) is 22.4. The molecule has 0 N–H and O–H groups in total. The Kier molecular flexibility index (Phi) is 4.03. The predicted octanol–water partition coefficient (Wildman–Crippen LogP) is 4.31. The van der Waals surface area contributed by atoms with E-state index in [2.05, 4.69) is 15.1 Å². The molecule has 28 heavy (non-hydrogen) atoms. The van der Waals surface area contributed by atoms with Crippen molar-refractivity contribution in [2.75, 3.05) is 0 Å². The second-order valence-electron chi connectivity index (χ2n) is 6.05. The molecule has 4 heterocycles. The number of benzene rings is 1. The molecule has 0 unspecified atom stereocenters. The van der Waals surface area contributed by atoms with Gasteiger partial charge >= 0.3 is 0 Å². The Labute approximate surface area is 168 Å². The highest BCUT2D eigenvalue weighted by Crippen LogP contribution is 2.30. The maximum absolute atomic E-state index is 13.1. The van der Waals surface area contributed by atoms with E-state index in [1.54, 1.807) is 0 Å².